The highest BCUT2D eigenvalue weighted by atomic mass is 35.5. The highest BCUT2D eigenvalue weighted by Gasteiger charge is 2.24. The maximum absolute atomic E-state index is 6.29. The van der Waals surface area contributed by atoms with Crippen LogP contribution in [0.2, 0.25) is 10.0 Å². The van der Waals surface area contributed by atoms with E-state index in [1.54, 1.807) is 6.07 Å². The van der Waals surface area contributed by atoms with Crippen LogP contribution < -0.4 is 0 Å². The molecule has 0 bridgehead atoms. The number of benzene rings is 3. The number of aliphatic imine (C=N–C) groups is 1. The van der Waals surface area contributed by atoms with Gasteiger partial charge in [-0.25, -0.2) is 4.99 Å². The summed E-state index contributed by atoms with van der Waals surface area (Å²) in [5, 5.41) is 3.55. The van der Waals surface area contributed by atoms with Crippen LogP contribution in [0.15, 0.2) is 65.7 Å². The maximum atomic E-state index is 6.29. The van der Waals surface area contributed by atoms with E-state index >= 15 is 0 Å². The lowest BCUT2D eigenvalue weighted by Gasteiger charge is -2.07. The van der Waals surface area contributed by atoms with Crippen molar-refractivity contribution in [3.8, 4) is 0 Å². The van der Waals surface area contributed by atoms with Gasteiger partial charge >= 0.3 is 0 Å². The molecular formula is C19H13Cl2NO. The van der Waals surface area contributed by atoms with Gasteiger partial charge in [-0.3, -0.25) is 0 Å². The van der Waals surface area contributed by atoms with Crippen molar-refractivity contribution in [2.24, 2.45) is 4.99 Å². The van der Waals surface area contributed by atoms with E-state index in [1.165, 1.54) is 5.39 Å². The van der Waals surface area contributed by atoms with Crippen molar-refractivity contribution < 1.29 is 4.74 Å². The van der Waals surface area contributed by atoms with Crippen LogP contribution in [0, 0.1) is 0 Å². The van der Waals surface area contributed by atoms with Gasteiger partial charge in [0.05, 0.1) is 0 Å². The average Bonchev–Trinajstić information content (AvgIpc) is 3.04. The van der Waals surface area contributed by atoms with Gasteiger partial charge in [0.1, 0.15) is 12.6 Å². The number of nitrogens with zero attached hydrogens (tertiary/aromatic N) is 1. The molecule has 0 aliphatic carbocycles. The Hall–Kier alpha value is -2.03. The standard InChI is InChI=1S/C19H13Cl2NO/c20-13-8-9-16(17(21)10-13)18-11-23-19(22-18)15-7-3-5-12-4-1-2-6-14(12)15/h1-10,18H,11H2/t18-/m0/s1. The molecule has 0 amide bonds. The van der Waals surface area contributed by atoms with Crippen LogP contribution in [-0.4, -0.2) is 12.5 Å². The van der Waals surface area contributed by atoms with Crippen molar-refractivity contribution in [2.45, 2.75) is 6.04 Å². The highest BCUT2D eigenvalue weighted by Crippen LogP contribution is 2.33. The molecule has 4 heteroatoms. The Morgan fingerprint density at radius 2 is 1.78 bits per heavy atom. The third-order valence-corrected chi connectivity index (χ3v) is 4.55. The van der Waals surface area contributed by atoms with Crippen molar-refractivity contribution in [1.82, 2.24) is 0 Å². The highest BCUT2D eigenvalue weighted by molar-refractivity contribution is 6.35. The van der Waals surface area contributed by atoms with E-state index in [2.05, 4.69) is 18.2 Å². The number of hydrogen-bond donors (Lipinski definition) is 0. The average molecular weight is 342 g/mol. The molecule has 3 aromatic carbocycles. The first-order chi connectivity index (χ1) is 11.2. The number of rotatable bonds is 2. The zero-order valence-electron chi connectivity index (χ0n) is 12.2. The summed E-state index contributed by atoms with van der Waals surface area (Å²) in [5.74, 6) is 0.665. The fraction of sp³-hybridized carbons (Fsp3) is 0.105. The number of halogens is 2. The molecule has 2 nitrogen and oxygen atoms in total. The molecule has 3 aromatic rings. The maximum Gasteiger partial charge on any atom is 0.217 e. The molecule has 0 spiro atoms. The van der Waals surface area contributed by atoms with Crippen molar-refractivity contribution in [3.63, 3.8) is 0 Å². The zero-order chi connectivity index (χ0) is 15.8. The van der Waals surface area contributed by atoms with Crippen molar-refractivity contribution in [2.75, 3.05) is 6.61 Å². The lowest BCUT2D eigenvalue weighted by molar-refractivity contribution is 0.320. The Labute approximate surface area is 144 Å². The van der Waals surface area contributed by atoms with E-state index in [9.17, 15) is 0 Å². The second-order valence-electron chi connectivity index (χ2n) is 5.45. The van der Waals surface area contributed by atoms with Crippen molar-refractivity contribution in [3.05, 3.63) is 81.8 Å². The predicted molar refractivity (Wildman–Crippen MR) is 95.6 cm³/mol. The Balaban J connectivity index is 1.76. The minimum Gasteiger partial charge on any atom is -0.475 e. The lowest BCUT2D eigenvalue weighted by atomic mass is 10.0. The van der Waals surface area contributed by atoms with Gasteiger partial charge < -0.3 is 4.74 Å². The number of ether oxygens (including phenoxy) is 1. The van der Waals surface area contributed by atoms with Crippen LogP contribution in [0.3, 0.4) is 0 Å². The van der Waals surface area contributed by atoms with Gasteiger partial charge in [-0.2, -0.15) is 0 Å². The minimum absolute atomic E-state index is 0.103. The first kappa shape index (κ1) is 14.6. The summed E-state index contributed by atoms with van der Waals surface area (Å²) in [6.07, 6.45) is 0. The van der Waals surface area contributed by atoms with Crippen molar-refractivity contribution >= 4 is 39.9 Å². The molecule has 114 valence electrons. The van der Waals surface area contributed by atoms with Gasteiger partial charge in [-0.15, -0.1) is 0 Å². The van der Waals surface area contributed by atoms with Crippen LogP contribution in [0.5, 0.6) is 0 Å². The normalized spacial score (nSPS) is 17.1. The molecule has 0 radical (unpaired) electrons. The predicted octanol–water partition coefficient (Wildman–Crippen LogP) is 5.66. The number of hydrogen-bond acceptors (Lipinski definition) is 2. The molecule has 4 rings (SSSR count). The molecule has 0 unspecified atom stereocenters. The van der Waals surface area contributed by atoms with Gasteiger partial charge in [0.15, 0.2) is 0 Å². The van der Waals surface area contributed by atoms with Crippen LogP contribution >= 0.6 is 23.2 Å². The summed E-state index contributed by atoms with van der Waals surface area (Å²) in [4.78, 5) is 4.74. The lowest BCUT2D eigenvalue weighted by Crippen LogP contribution is -2.02. The molecule has 23 heavy (non-hydrogen) atoms. The largest absolute Gasteiger partial charge is 0.475 e. The fourth-order valence-electron chi connectivity index (χ4n) is 2.86. The van der Waals surface area contributed by atoms with Crippen LogP contribution in [0.1, 0.15) is 17.2 Å². The van der Waals surface area contributed by atoms with Gasteiger partial charge in [0, 0.05) is 15.6 Å². The molecule has 1 aliphatic heterocycles. The van der Waals surface area contributed by atoms with Gasteiger partial charge in [-0.05, 0) is 34.5 Å². The third-order valence-electron chi connectivity index (χ3n) is 3.99. The Bertz CT molecular complexity index is 915. The molecule has 0 saturated heterocycles. The Morgan fingerprint density at radius 1 is 0.957 bits per heavy atom. The molecule has 0 aromatic heterocycles. The van der Waals surface area contributed by atoms with Crippen molar-refractivity contribution in [1.29, 1.82) is 0 Å². The van der Waals surface area contributed by atoms with Crippen LogP contribution in [-0.2, 0) is 4.74 Å². The third kappa shape index (κ3) is 2.69. The summed E-state index contributed by atoms with van der Waals surface area (Å²) >= 11 is 12.3. The summed E-state index contributed by atoms with van der Waals surface area (Å²) in [6.45, 7) is 0.486. The SMILES string of the molecule is Clc1ccc([C@@H]2COC(c3cccc4ccccc34)=N2)c(Cl)c1. The molecule has 1 aliphatic rings. The van der Waals surface area contributed by atoms with Crippen LogP contribution in [0.25, 0.3) is 10.8 Å². The molecule has 1 heterocycles. The Kier molecular flexibility index (Phi) is 3.72. The zero-order valence-corrected chi connectivity index (χ0v) is 13.7. The van der Waals surface area contributed by atoms with E-state index in [0.717, 1.165) is 16.5 Å². The summed E-state index contributed by atoms with van der Waals surface area (Å²) in [6, 6.07) is 19.7. The second kappa shape index (κ2) is 5.88. The summed E-state index contributed by atoms with van der Waals surface area (Å²) in [7, 11) is 0. The van der Waals surface area contributed by atoms with Gasteiger partial charge in [0.2, 0.25) is 5.90 Å². The molecule has 1 atom stereocenters. The van der Waals surface area contributed by atoms with E-state index in [1.807, 2.05) is 36.4 Å². The molecule has 0 N–H and O–H groups in total. The number of fused-ring (bicyclic) bond motifs is 1. The van der Waals surface area contributed by atoms with E-state index in [0.29, 0.717) is 22.5 Å². The molecule has 0 fully saturated rings. The fourth-order valence-corrected chi connectivity index (χ4v) is 3.40. The van der Waals surface area contributed by atoms with Gasteiger partial charge in [0.25, 0.3) is 0 Å². The molecular weight excluding hydrogens is 329 g/mol. The summed E-state index contributed by atoms with van der Waals surface area (Å²) in [5.41, 5.74) is 1.95. The monoisotopic (exact) mass is 341 g/mol. The van der Waals surface area contributed by atoms with Gasteiger partial charge in [-0.1, -0.05) is 65.7 Å². The first-order valence-corrected chi connectivity index (χ1v) is 8.11. The Morgan fingerprint density at radius 3 is 2.65 bits per heavy atom. The van der Waals surface area contributed by atoms with E-state index in [-0.39, 0.29) is 6.04 Å². The second-order valence-corrected chi connectivity index (χ2v) is 6.30. The molecule has 0 saturated carbocycles. The van der Waals surface area contributed by atoms with Crippen LogP contribution in [0.4, 0.5) is 0 Å². The van der Waals surface area contributed by atoms with E-state index in [4.69, 9.17) is 32.9 Å². The minimum atomic E-state index is -0.103. The quantitative estimate of drug-likeness (QED) is 0.588. The van der Waals surface area contributed by atoms with E-state index < -0.39 is 0 Å². The topological polar surface area (TPSA) is 21.6 Å². The smallest absolute Gasteiger partial charge is 0.217 e. The first-order valence-electron chi connectivity index (χ1n) is 7.36. The summed E-state index contributed by atoms with van der Waals surface area (Å²) < 4.78 is 5.86.